The zero-order valence-electron chi connectivity index (χ0n) is 14.9. The molecule has 0 bridgehead atoms. The van der Waals surface area contributed by atoms with E-state index in [1.165, 1.54) is 4.90 Å². The third-order valence-electron chi connectivity index (χ3n) is 4.26. The van der Waals surface area contributed by atoms with Gasteiger partial charge in [-0.15, -0.1) is 0 Å². The lowest BCUT2D eigenvalue weighted by atomic mass is 10.2. The number of carbonyl (C=O) groups is 2. The SMILES string of the molecule is CCOc1ccc(N2C(=O)C[C@H](NCc3ccc(OC)cc3)C2=O)cc1. The molecule has 1 aliphatic rings. The van der Waals surface area contributed by atoms with Crippen molar-refractivity contribution < 1.29 is 19.1 Å². The molecule has 2 aromatic carbocycles. The van der Waals surface area contributed by atoms with Crippen molar-refractivity contribution in [2.24, 2.45) is 0 Å². The van der Waals surface area contributed by atoms with Crippen molar-refractivity contribution in [2.75, 3.05) is 18.6 Å². The van der Waals surface area contributed by atoms with E-state index in [2.05, 4.69) is 5.32 Å². The number of imide groups is 1. The molecule has 1 aliphatic heterocycles. The van der Waals surface area contributed by atoms with Crippen LogP contribution in [0.2, 0.25) is 0 Å². The van der Waals surface area contributed by atoms with Gasteiger partial charge >= 0.3 is 0 Å². The Hall–Kier alpha value is -2.86. The van der Waals surface area contributed by atoms with Crippen molar-refractivity contribution >= 4 is 17.5 Å². The summed E-state index contributed by atoms with van der Waals surface area (Å²) in [4.78, 5) is 26.2. The molecular formula is C20H22N2O4. The molecule has 6 heteroatoms. The molecule has 0 aliphatic carbocycles. The van der Waals surface area contributed by atoms with Crippen LogP contribution in [0.25, 0.3) is 0 Å². The second kappa shape index (κ2) is 8.01. The fraction of sp³-hybridized carbons (Fsp3) is 0.300. The lowest BCUT2D eigenvalue weighted by molar-refractivity contribution is -0.121. The van der Waals surface area contributed by atoms with E-state index >= 15 is 0 Å². The van der Waals surface area contributed by atoms with Gasteiger partial charge in [0, 0.05) is 6.54 Å². The maximum Gasteiger partial charge on any atom is 0.251 e. The Morgan fingerprint density at radius 3 is 2.31 bits per heavy atom. The second-order valence-corrected chi connectivity index (χ2v) is 5.98. The Morgan fingerprint density at radius 1 is 1.04 bits per heavy atom. The second-order valence-electron chi connectivity index (χ2n) is 5.98. The van der Waals surface area contributed by atoms with Crippen molar-refractivity contribution in [1.29, 1.82) is 0 Å². The van der Waals surface area contributed by atoms with E-state index < -0.39 is 6.04 Å². The molecule has 0 aromatic heterocycles. The first-order valence-electron chi connectivity index (χ1n) is 8.58. The molecule has 1 atom stereocenters. The van der Waals surface area contributed by atoms with Crippen LogP contribution in [-0.4, -0.2) is 31.6 Å². The van der Waals surface area contributed by atoms with Gasteiger partial charge in [-0.1, -0.05) is 12.1 Å². The minimum Gasteiger partial charge on any atom is -0.497 e. The number of hydrogen-bond donors (Lipinski definition) is 1. The summed E-state index contributed by atoms with van der Waals surface area (Å²) in [6.45, 7) is 2.98. The standard InChI is InChI=1S/C20H22N2O4/c1-3-26-17-10-6-15(7-11-17)22-19(23)12-18(20(22)24)21-13-14-4-8-16(25-2)9-5-14/h4-11,18,21H,3,12-13H2,1-2H3/t18-/m0/s1. The maximum atomic E-state index is 12.6. The first kappa shape index (κ1) is 17.9. The number of nitrogens with one attached hydrogen (secondary N) is 1. The summed E-state index contributed by atoms with van der Waals surface area (Å²) in [6.07, 6.45) is 0.155. The highest BCUT2D eigenvalue weighted by Crippen LogP contribution is 2.25. The molecule has 1 heterocycles. The van der Waals surface area contributed by atoms with Gasteiger partial charge in [0.15, 0.2) is 0 Å². The molecular weight excluding hydrogens is 332 g/mol. The van der Waals surface area contributed by atoms with Crippen LogP contribution in [-0.2, 0) is 16.1 Å². The molecule has 0 saturated carbocycles. The molecule has 3 rings (SSSR count). The van der Waals surface area contributed by atoms with E-state index in [-0.39, 0.29) is 18.2 Å². The summed E-state index contributed by atoms with van der Waals surface area (Å²) in [7, 11) is 1.62. The van der Waals surface area contributed by atoms with Crippen LogP contribution in [0.15, 0.2) is 48.5 Å². The van der Waals surface area contributed by atoms with Crippen LogP contribution in [0.5, 0.6) is 11.5 Å². The minimum absolute atomic E-state index is 0.155. The number of amides is 2. The molecule has 26 heavy (non-hydrogen) atoms. The van der Waals surface area contributed by atoms with E-state index in [1.54, 1.807) is 31.4 Å². The highest BCUT2D eigenvalue weighted by atomic mass is 16.5. The number of benzene rings is 2. The van der Waals surface area contributed by atoms with Crippen LogP contribution in [0.4, 0.5) is 5.69 Å². The zero-order chi connectivity index (χ0) is 18.5. The monoisotopic (exact) mass is 354 g/mol. The number of methoxy groups -OCH3 is 1. The van der Waals surface area contributed by atoms with Crippen LogP contribution in [0.3, 0.4) is 0 Å². The van der Waals surface area contributed by atoms with E-state index in [9.17, 15) is 9.59 Å². The summed E-state index contributed by atoms with van der Waals surface area (Å²) < 4.78 is 10.5. The molecule has 6 nitrogen and oxygen atoms in total. The number of ether oxygens (including phenoxy) is 2. The van der Waals surface area contributed by atoms with Gasteiger partial charge in [-0.05, 0) is 48.9 Å². The van der Waals surface area contributed by atoms with Crippen LogP contribution in [0.1, 0.15) is 18.9 Å². The lowest BCUT2D eigenvalue weighted by Gasteiger charge is -2.16. The van der Waals surface area contributed by atoms with Gasteiger partial charge in [-0.3, -0.25) is 9.59 Å². The summed E-state index contributed by atoms with van der Waals surface area (Å²) in [6, 6.07) is 14.1. The van der Waals surface area contributed by atoms with E-state index in [0.717, 1.165) is 11.3 Å². The smallest absolute Gasteiger partial charge is 0.251 e. The number of nitrogens with zero attached hydrogens (tertiary/aromatic N) is 1. The van der Waals surface area contributed by atoms with Gasteiger partial charge in [0.2, 0.25) is 5.91 Å². The molecule has 0 spiro atoms. The van der Waals surface area contributed by atoms with Crippen LogP contribution >= 0.6 is 0 Å². The number of carbonyl (C=O) groups excluding carboxylic acids is 2. The van der Waals surface area contributed by atoms with E-state index in [1.807, 2.05) is 31.2 Å². The quantitative estimate of drug-likeness (QED) is 0.774. The Kier molecular flexibility index (Phi) is 5.53. The van der Waals surface area contributed by atoms with Crippen molar-refractivity contribution in [3.05, 3.63) is 54.1 Å². The third-order valence-corrected chi connectivity index (χ3v) is 4.26. The zero-order valence-corrected chi connectivity index (χ0v) is 14.9. The average Bonchev–Trinajstić information content (AvgIpc) is 2.95. The molecule has 1 N–H and O–H groups in total. The van der Waals surface area contributed by atoms with Crippen molar-refractivity contribution in [2.45, 2.75) is 25.9 Å². The summed E-state index contributed by atoms with van der Waals surface area (Å²) in [5.74, 6) is 1.06. The van der Waals surface area contributed by atoms with Gasteiger partial charge in [0.1, 0.15) is 11.5 Å². The van der Waals surface area contributed by atoms with Crippen molar-refractivity contribution in [1.82, 2.24) is 5.32 Å². The molecule has 2 amide bonds. The van der Waals surface area contributed by atoms with Crippen molar-refractivity contribution in [3.8, 4) is 11.5 Å². The molecule has 1 saturated heterocycles. The normalized spacial score (nSPS) is 16.8. The molecule has 136 valence electrons. The van der Waals surface area contributed by atoms with E-state index in [4.69, 9.17) is 9.47 Å². The third kappa shape index (κ3) is 3.86. The maximum absolute atomic E-state index is 12.6. The first-order valence-corrected chi connectivity index (χ1v) is 8.58. The van der Waals surface area contributed by atoms with Gasteiger partial charge < -0.3 is 14.8 Å². The summed E-state index contributed by atoms with van der Waals surface area (Å²) in [5.41, 5.74) is 1.59. The Morgan fingerprint density at radius 2 is 1.69 bits per heavy atom. The van der Waals surface area contributed by atoms with Gasteiger partial charge in [-0.2, -0.15) is 0 Å². The fourth-order valence-corrected chi connectivity index (χ4v) is 2.91. The summed E-state index contributed by atoms with van der Waals surface area (Å²) in [5, 5.41) is 3.17. The Balaban J connectivity index is 1.64. The average molecular weight is 354 g/mol. The number of hydrogen-bond acceptors (Lipinski definition) is 5. The van der Waals surface area contributed by atoms with Gasteiger partial charge in [-0.25, -0.2) is 4.90 Å². The van der Waals surface area contributed by atoms with Crippen molar-refractivity contribution in [3.63, 3.8) is 0 Å². The molecule has 0 unspecified atom stereocenters. The number of rotatable bonds is 7. The highest BCUT2D eigenvalue weighted by Gasteiger charge is 2.39. The first-order chi connectivity index (χ1) is 12.6. The van der Waals surface area contributed by atoms with Gasteiger partial charge in [0.05, 0.1) is 31.9 Å². The van der Waals surface area contributed by atoms with Crippen LogP contribution < -0.4 is 19.7 Å². The Bertz CT molecular complexity index is 771. The minimum atomic E-state index is -0.517. The Labute approximate surface area is 152 Å². The molecule has 1 fully saturated rings. The lowest BCUT2D eigenvalue weighted by Crippen LogP contribution is -2.38. The summed E-state index contributed by atoms with van der Waals surface area (Å²) >= 11 is 0. The number of anilines is 1. The van der Waals surface area contributed by atoms with E-state index in [0.29, 0.717) is 24.6 Å². The predicted molar refractivity (Wildman–Crippen MR) is 98.3 cm³/mol. The fourth-order valence-electron chi connectivity index (χ4n) is 2.91. The van der Waals surface area contributed by atoms with Crippen LogP contribution in [0, 0.1) is 0 Å². The highest BCUT2D eigenvalue weighted by molar-refractivity contribution is 6.22. The topological polar surface area (TPSA) is 67.9 Å². The largest absolute Gasteiger partial charge is 0.497 e. The predicted octanol–water partition coefficient (Wildman–Crippen LogP) is 2.52. The molecule has 0 radical (unpaired) electrons. The van der Waals surface area contributed by atoms with Gasteiger partial charge in [0.25, 0.3) is 5.91 Å². The molecule has 2 aromatic rings.